The smallest absolute Gasteiger partial charge is 0.341 e. The Bertz CT molecular complexity index is 835. The van der Waals surface area contributed by atoms with E-state index in [0.29, 0.717) is 11.4 Å². The summed E-state index contributed by atoms with van der Waals surface area (Å²) in [5.74, 6) is -0.0857. The summed E-state index contributed by atoms with van der Waals surface area (Å²) in [4.78, 5) is 23.9. The number of halogens is 1. The molecular weight excluding hydrogens is 358 g/mol. The largest absolute Gasteiger partial charge is 0.496 e. The van der Waals surface area contributed by atoms with Gasteiger partial charge in [0.2, 0.25) is 0 Å². The highest BCUT2D eigenvalue weighted by atomic mass is 35.5. The molecule has 0 aliphatic carbocycles. The second kappa shape index (κ2) is 8.58. The lowest BCUT2D eigenvalue weighted by molar-refractivity contribution is -0.118. The van der Waals surface area contributed by atoms with Crippen molar-refractivity contribution in [3.05, 3.63) is 52.0 Å². The van der Waals surface area contributed by atoms with Crippen LogP contribution >= 0.6 is 11.6 Å². The second-order valence-corrected chi connectivity index (χ2v) is 6.04. The number of anilines is 1. The normalized spacial score (nSPS) is 10.2. The number of esters is 1. The van der Waals surface area contributed by atoms with E-state index in [9.17, 15) is 9.59 Å². The average Bonchev–Trinajstić information content (AvgIpc) is 2.63. The van der Waals surface area contributed by atoms with Gasteiger partial charge in [-0.15, -0.1) is 0 Å². The van der Waals surface area contributed by atoms with Crippen LogP contribution in [0.3, 0.4) is 0 Å². The monoisotopic (exact) mass is 377 g/mol. The summed E-state index contributed by atoms with van der Waals surface area (Å²) in [6.45, 7) is 3.67. The van der Waals surface area contributed by atoms with Gasteiger partial charge in [0.15, 0.2) is 6.61 Å². The first-order valence-electron chi connectivity index (χ1n) is 7.81. The molecule has 0 bridgehead atoms. The summed E-state index contributed by atoms with van der Waals surface area (Å²) < 4.78 is 15.4. The number of carbonyl (C=O) groups is 2. The molecule has 0 saturated carbocycles. The minimum absolute atomic E-state index is 0.171. The van der Waals surface area contributed by atoms with Gasteiger partial charge in [0.05, 0.1) is 24.9 Å². The average molecular weight is 378 g/mol. The molecule has 0 aromatic heterocycles. The molecule has 0 spiro atoms. The zero-order valence-electron chi connectivity index (χ0n) is 15.0. The number of ether oxygens (including phenoxy) is 3. The molecule has 6 nitrogen and oxygen atoms in total. The molecule has 0 fully saturated rings. The third-order valence-electron chi connectivity index (χ3n) is 3.67. The molecule has 0 heterocycles. The van der Waals surface area contributed by atoms with Crippen molar-refractivity contribution in [1.82, 2.24) is 0 Å². The molecule has 0 atom stereocenters. The highest BCUT2D eigenvalue weighted by Gasteiger charge is 2.17. The van der Waals surface area contributed by atoms with Crippen molar-refractivity contribution >= 4 is 29.2 Å². The molecule has 2 aromatic rings. The van der Waals surface area contributed by atoms with Crippen molar-refractivity contribution in [3.63, 3.8) is 0 Å². The molecule has 0 unspecified atom stereocenters. The van der Waals surface area contributed by atoms with Gasteiger partial charge < -0.3 is 19.5 Å². The van der Waals surface area contributed by atoms with Gasteiger partial charge in [0.1, 0.15) is 17.1 Å². The maximum absolute atomic E-state index is 12.2. The van der Waals surface area contributed by atoms with Gasteiger partial charge in [-0.25, -0.2) is 4.79 Å². The molecule has 0 aliphatic heterocycles. The number of rotatable bonds is 6. The molecule has 2 aromatic carbocycles. The third-order valence-corrected chi connectivity index (χ3v) is 3.98. The Hall–Kier alpha value is -2.73. The standard InChI is InChI=1S/C19H20ClNO5/c1-11-5-6-12(2)16(7-11)26-10-18(22)21-15-9-17(24-3)13(8-14(15)20)19(23)25-4/h5-9H,10H2,1-4H3,(H,21,22). The molecule has 138 valence electrons. The first-order chi connectivity index (χ1) is 12.3. The maximum atomic E-state index is 12.2. The van der Waals surface area contributed by atoms with Crippen molar-refractivity contribution in [2.24, 2.45) is 0 Å². The second-order valence-electron chi connectivity index (χ2n) is 5.63. The van der Waals surface area contributed by atoms with Crippen LogP contribution in [0.1, 0.15) is 21.5 Å². The Balaban J connectivity index is 2.11. The molecule has 1 amide bonds. The fourth-order valence-electron chi connectivity index (χ4n) is 2.28. The number of amides is 1. The summed E-state index contributed by atoms with van der Waals surface area (Å²) in [6.07, 6.45) is 0. The molecule has 0 saturated heterocycles. The molecular formula is C19H20ClNO5. The Labute approximate surface area is 157 Å². The number of aryl methyl sites for hydroxylation is 2. The summed E-state index contributed by atoms with van der Waals surface area (Å²) in [5, 5.41) is 2.83. The van der Waals surface area contributed by atoms with Crippen LogP contribution in [0.2, 0.25) is 5.02 Å². The van der Waals surface area contributed by atoms with Crippen LogP contribution in [-0.2, 0) is 9.53 Å². The van der Waals surface area contributed by atoms with Crippen LogP contribution < -0.4 is 14.8 Å². The summed E-state index contributed by atoms with van der Waals surface area (Å²) in [5.41, 5.74) is 2.46. The lowest BCUT2D eigenvalue weighted by atomic mass is 10.1. The van der Waals surface area contributed by atoms with E-state index in [0.717, 1.165) is 11.1 Å². The van der Waals surface area contributed by atoms with Crippen molar-refractivity contribution in [2.45, 2.75) is 13.8 Å². The first-order valence-corrected chi connectivity index (χ1v) is 8.19. The summed E-state index contributed by atoms with van der Waals surface area (Å²) in [6, 6.07) is 8.61. The molecule has 0 aliphatic rings. The lowest BCUT2D eigenvalue weighted by Crippen LogP contribution is -2.21. The zero-order chi connectivity index (χ0) is 19.3. The predicted molar refractivity (Wildman–Crippen MR) is 99.4 cm³/mol. The van der Waals surface area contributed by atoms with Crippen LogP contribution in [0, 0.1) is 13.8 Å². The van der Waals surface area contributed by atoms with Gasteiger partial charge in [-0.3, -0.25) is 4.79 Å². The van der Waals surface area contributed by atoms with Crippen LogP contribution in [0.15, 0.2) is 30.3 Å². The molecule has 0 radical (unpaired) electrons. The summed E-state index contributed by atoms with van der Waals surface area (Å²) in [7, 11) is 2.67. The van der Waals surface area contributed by atoms with Crippen LogP contribution in [0.4, 0.5) is 5.69 Å². The van der Waals surface area contributed by atoms with Crippen molar-refractivity contribution in [3.8, 4) is 11.5 Å². The number of benzene rings is 2. The molecule has 1 N–H and O–H groups in total. The van der Waals surface area contributed by atoms with Gasteiger partial charge in [-0.05, 0) is 37.1 Å². The Kier molecular flexibility index (Phi) is 6.46. The minimum atomic E-state index is -0.583. The van der Waals surface area contributed by atoms with E-state index in [-0.39, 0.29) is 28.8 Å². The Morgan fingerprint density at radius 3 is 2.46 bits per heavy atom. The van der Waals surface area contributed by atoms with Gasteiger partial charge in [0.25, 0.3) is 5.91 Å². The van der Waals surface area contributed by atoms with E-state index in [1.165, 1.54) is 26.4 Å². The highest BCUT2D eigenvalue weighted by molar-refractivity contribution is 6.34. The van der Waals surface area contributed by atoms with Crippen molar-refractivity contribution in [2.75, 3.05) is 26.1 Å². The van der Waals surface area contributed by atoms with E-state index in [1.807, 2.05) is 32.0 Å². The lowest BCUT2D eigenvalue weighted by Gasteiger charge is -2.13. The van der Waals surface area contributed by atoms with Crippen LogP contribution in [0.25, 0.3) is 0 Å². The third kappa shape index (κ3) is 4.67. The van der Waals surface area contributed by atoms with E-state index < -0.39 is 5.97 Å². The quantitative estimate of drug-likeness (QED) is 0.776. The van der Waals surface area contributed by atoms with Crippen LogP contribution in [0.5, 0.6) is 11.5 Å². The summed E-state index contributed by atoms with van der Waals surface area (Å²) >= 11 is 6.15. The van der Waals surface area contributed by atoms with E-state index >= 15 is 0 Å². The molecule has 26 heavy (non-hydrogen) atoms. The maximum Gasteiger partial charge on any atom is 0.341 e. The van der Waals surface area contributed by atoms with E-state index in [4.69, 9.17) is 21.1 Å². The Morgan fingerprint density at radius 2 is 1.81 bits per heavy atom. The van der Waals surface area contributed by atoms with Crippen molar-refractivity contribution in [1.29, 1.82) is 0 Å². The van der Waals surface area contributed by atoms with Gasteiger partial charge in [-0.1, -0.05) is 23.7 Å². The van der Waals surface area contributed by atoms with Crippen molar-refractivity contribution < 1.29 is 23.8 Å². The molecule has 7 heteroatoms. The zero-order valence-corrected chi connectivity index (χ0v) is 15.8. The fourth-order valence-corrected chi connectivity index (χ4v) is 2.49. The Morgan fingerprint density at radius 1 is 1.08 bits per heavy atom. The molecule has 2 rings (SSSR count). The van der Waals surface area contributed by atoms with E-state index in [2.05, 4.69) is 10.1 Å². The number of hydrogen-bond donors (Lipinski definition) is 1. The first kappa shape index (κ1) is 19.6. The van der Waals surface area contributed by atoms with Gasteiger partial charge in [-0.2, -0.15) is 0 Å². The highest BCUT2D eigenvalue weighted by Crippen LogP contribution is 2.31. The number of nitrogens with one attached hydrogen (secondary N) is 1. The van der Waals surface area contributed by atoms with Crippen LogP contribution in [-0.4, -0.2) is 32.7 Å². The topological polar surface area (TPSA) is 73.9 Å². The van der Waals surface area contributed by atoms with Gasteiger partial charge >= 0.3 is 5.97 Å². The minimum Gasteiger partial charge on any atom is -0.496 e. The number of hydrogen-bond acceptors (Lipinski definition) is 5. The number of carbonyl (C=O) groups excluding carboxylic acids is 2. The van der Waals surface area contributed by atoms with Gasteiger partial charge in [0, 0.05) is 6.07 Å². The predicted octanol–water partition coefficient (Wildman–Crippen LogP) is 3.77. The fraction of sp³-hybridized carbons (Fsp3) is 0.263. The number of methoxy groups -OCH3 is 2. The SMILES string of the molecule is COC(=O)c1cc(Cl)c(NC(=O)COc2cc(C)ccc2C)cc1OC. The van der Waals surface area contributed by atoms with E-state index in [1.54, 1.807) is 0 Å².